The average molecular weight is 225 g/mol. The van der Waals surface area contributed by atoms with Gasteiger partial charge in [-0.25, -0.2) is 0 Å². The van der Waals surface area contributed by atoms with Crippen molar-refractivity contribution in [1.29, 1.82) is 0 Å². The van der Waals surface area contributed by atoms with Crippen LogP contribution in [0.1, 0.15) is 31.2 Å². The van der Waals surface area contributed by atoms with Gasteiger partial charge in [-0.15, -0.1) is 0 Å². The minimum absolute atomic E-state index is 0.00192. The molecular weight excluding hydrogens is 206 g/mol. The van der Waals surface area contributed by atoms with Crippen LogP contribution in [-0.4, -0.2) is 17.8 Å². The van der Waals surface area contributed by atoms with Gasteiger partial charge in [-0.1, -0.05) is 6.42 Å². The number of hydrogen-bond acceptors (Lipinski definition) is 3. The van der Waals surface area contributed by atoms with Crippen molar-refractivity contribution in [3.05, 3.63) is 22.4 Å². The van der Waals surface area contributed by atoms with Crippen LogP contribution in [0.2, 0.25) is 0 Å². The van der Waals surface area contributed by atoms with Gasteiger partial charge in [0.2, 0.25) is 0 Å². The summed E-state index contributed by atoms with van der Waals surface area (Å²) in [4.78, 5) is 0. The van der Waals surface area contributed by atoms with E-state index >= 15 is 0 Å². The summed E-state index contributed by atoms with van der Waals surface area (Å²) in [5.41, 5.74) is 7.22. The van der Waals surface area contributed by atoms with E-state index in [4.69, 9.17) is 5.73 Å². The third kappa shape index (κ3) is 2.25. The smallest absolute Gasteiger partial charge is 0.0608 e. The fourth-order valence-corrected chi connectivity index (χ4v) is 3.28. The Labute approximate surface area is 95.1 Å². The molecule has 1 aliphatic carbocycles. The largest absolute Gasteiger partial charge is 0.393 e. The van der Waals surface area contributed by atoms with Crippen molar-refractivity contribution in [1.82, 2.24) is 0 Å². The quantitative estimate of drug-likeness (QED) is 0.825. The Hall–Kier alpha value is -0.380. The molecule has 3 N–H and O–H groups in total. The van der Waals surface area contributed by atoms with Crippen molar-refractivity contribution >= 4 is 11.3 Å². The molecule has 0 radical (unpaired) electrons. The molecule has 0 bridgehead atoms. The first-order valence-corrected chi connectivity index (χ1v) is 6.60. The monoisotopic (exact) mass is 225 g/mol. The predicted octanol–water partition coefficient (Wildman–Crippen LogP) is 2.17. The van der Waals surface area contributed by atoms with Crippen LogP contribution >= 0.6 is 11.3 Å². The van der Waals surface area contributed by atoms with Gasteiger partial charge < -0.3 is 10.8 Å². The van der Waals surface area contributed by atoms with Gasteiger partial charge in [0.25, 0.3) is 0 Å². The summed E-state index contributed by atoms with van der Waals surface area (Å²) in [7, 11) is 0. The number of aryl methyl sites for hydroxylation is 1. The molecule has 1 saturated carbocycles. The highest BCUT2D eigenvalue weighted by molar-refractivity contribution is 7.07. The van der Waals surface area contributed by atoms with E-state index in [2.05, 4.69) is 16.8 Å². The molecule has 2 atom stereocenters. The van der Waals surface area contributed by atoms with Crippen LogP contribution < -0.4 is 5.73 Å². The highest BCUT2D eigenvalue weighted by Gasteiger charge is 2.40. The maximum atomic E-state index is 9.99. The Balaban J connectivity index is 1.96. The normalized spacial score (nSPS) is 30.9. The molecule has 84 valence electrons. The van der Waals surface area contributed by atoms with Crippen LogP contribution in [0.3, 0.4) is 0 Å². The molecule has 0 amide bonds. The third-order valence-corrected chi connectivity index (χ3v) is 4.49. The van der Waals surface area contributed by atoms with Crippen molar-refractivity contribution in [2.75, 3.05) is 6.54 Å². The van der Waals surface area contributed by atoms with Gasteiger partial charge in [0.1, 0.15) is 0 Å². The molecule has 2 unspecified atom stereocenters. The van der Waals surface area contributed by atoms with E-state index in [-0.39, 0.29) is 11.5 Å². The first-order valence-electron chi connectivity index (χ1n) is 5.66. The molecule has 1 heterocycles. The second-order valence-corrected chi connectivity index (χ2v) is 5.39. The third-order valence-electron chi connectivity index (χ3n) is 3.76. The van der Waals surface area contributed by atoms with Crippen molar-refractivity contribution in [2.24, 2.45) is 11.1 Å². The van der Waals surface area contributed by atoms with Crippen molar-refractivity contribution < 1.29 is 5.11 Å². The van der Waals surface area contributed by atoms with Crippen molar-refractivity contribution in [3.8, 4) is 0 Å². The molecular formula is C12H19NOS. The highest BCUT2D eigenvalue weighted by atomic mass is 32.1. The molecule has 1 aliphatic rings. The van der Waals surface area contributed by atoms with E-state index in [0.29, 0.717) is 6.54 Å². The van der Waals surface area contributed by atoms with E-state index in [9.17, 15) is 5.11 Å². The fraction of sp³-hybridized carbons (Fsp3) is 0.667. The summed E-state index contributed by atoms with van der Waals surface area (Å²) >= 11 is 1.74. The fourth-order valence-electron chi connectivity index (χ4n) is 2.58. The summed E-state index contributed by atoms with van der Waals surface area (Å²) in [6.45, 7) is 0.623. The lowest BCUT2D eigenvalue weighted by molar-refractivity contribution is 0.0523. The van der Waals surface area contributed by atoms with Crippen molar-refractivity contribution in [2.45, 2.75) is 38.2 Å². The lowest BCUT2D eigenvalue weighted by Crippen LogP contribution is -2.38. The molecule has 0 saturated heterocycles. The van der Waals surface area contributed by atoms with E-state index < -0.39 is 0 Å². The summed E-state index contributed by atoms with van der Waals surface area (Å²) in [6.07, 6.45) is 5.05. The molecule has 0 spiro atoms. The number of rotatable bonds is 4. The standard InChI is InChI=1S/C12H19NOS/c13-9-12(5-1-2-11(12)14)6-3-10-4-7-15-8-10/h4,7-8,11,14H,1-3,5-6,9,13H2. The average Bonchev–Trinajstić information content (AvgIpc) is 2.85. The Kier molecular flexibility index (Phi) is 3.44. The number of nitrogens with two attached hydrogens (primary N) is 1. The van der Waals surface area contributed by atoms with E-state index in [1.165, 1.54) is 5.56 Å². The molecule has 1 fully saturated rings. The first-order chi connectivity index (χ1) is 7.27. The molecule has 2 rings (SSSR count). The first kappa shape index (κ1) is 11.1. The second kappa shape index (κ2) is 4.64. The molecule has 0 aliphatic heterocycles. The zero-order valence-corrected chi connectivity index (χ0v) is 9.80. The lowest BCUT2D eigenvalue weighted by atomic mass is 9.79. The van der Waals surface area contributed by atoms with Crippen LogP contribution in [0.25, 0.3) is 0 Å². The van der Waals surface area contributed by atoms with Gasteiger partial charge in [-0.05, 0) is 48.1 Å². The van der Waals surface area contributed by atoms with Gasteiger partial charge in [-0.2, -0.15) is 11.3 Å². The van der Waals surface area contributed by atoms with Crippen LogP contribution in [0.5, 0.6) is 0 Å². The van der Waals surface area contributed by atoms with E-state index in [1.54, 1.807) is 11.3 Å². The summed E-state index contributed by atoms with van der Waals surface area (Å²) < 4.78 is 0. The zero-order chi connectivity index (χ0) is 10.7. The van der Waals surface area contributed by atoms with Crippen molar-refractivity contribution in [3.63, 3.8) is 0 Å². The Bertz CT molecular complexity index is 299. The molecule has 0 aromatic carbocycles. The molecule has 15 heavy (non-hydrogen) atoms. The highest BCUT2D eigenvalue weighted by Crippen LogP contribution is 2.41. The second-order valence-electron chi connectivity index (χ2n) is 4.61. The van der Waals surface area contributed by atoms with Gasteiger partial charge in [0.15, 0.2) is 0 Å². The molecule has 1 aromatic heterocycles. The number of aliphatic hydroxyl groups is 1. The number of thiophene rings is 1. The SMILES string of the molecule is NCC1(CCc2ccsc2)CCCC1O. The summed E-state index contributed by atoms with van der Waals surface area (Å²) in [6, 6.07) is 2.16. The van der Waals surface area contributed by atoms with E-state index in [1.807, 2.05) is 0 Å². The van der Waals surface area contributed by atoms with Crippen LogP contribution in [0, 0.1) is 5.41 Å². The Morgan fingerprint density at radius 2 is 2.47 bits per heavy atom. The maximum Gasteiger partial charge on any atom is 0.0608 e. The zero-order valence-electron chi connectivity index (χ0n) is 8.98. The molecule has 1 aromatic rings. The Morgan fingerprint density at radius 1 is 1.60 bits per heavy atom. The topological polar surface area (TPSA) is 46.2 Å². The number of aliphatic hydroxyl groups excluding tert-OH is 1. The van der Waals surface area contributed by atoms with Crippen LogP contribution in [0.15, 0.2) is 16.8 Å². The minimum atomic E-state index is -0.180. The molecule has 2 nitrogen and oxygen atoms in total. The minimum Gasteiger partial charge on any atom is -0.393 e. The van der Waals surface area contributed by atoms with Crippen LogP contribution in [0.4, 0.5) is 0 Å². The maximum absolute atomic E-state index is 9.99. The number of hydrogen-bond donors (Lipinski definition) is 2. The molecule has 3 heteroatoms. The van der Waals surface area contributed by atoms with Gasteiger partial charge >= 0.3 is 0 Å². The van der Waals surface area contributed by atoms with Gasteiger partial charge in [-0.3, -0.25) is 0 Å². The van der Waals surface area contributed by atoms with Gasteiger partial charge in [0, 0.05) is 12.0 Å². The van der Waals surface area contributed by atoms with Gasteiger partial charge in [0.05, 0.1) is 6.10 Å². The van der Waals surface area contributed by atoms with Crippen LogP contribution in [-0.2, 0) is 6.42 Å². The predicted molar refractivity (Wildman–Crippen MR) is 64.0 cm³/mol. The lowest BCUT2D eigenvalue weighted by Gasteiger charge is -2.31. The Morgan fingerprint density at radius 3 is 3.00 bits per heavy atom. The summed E-state index contributed by atoms with van der Waals surface area (Å²) in [5, 5.41) is 14.3. The van der Waals surface area contributed by atoms with E-state index in [0.717, 1.165) is 32.1 Å². The summed E-state index contributed by atoms with van der Waals surface area (Å²) in [5.74, 6) is 0.